The Bertz CT molecular complexity index is 635. The first kappa shape index (κ1) is 19.5. The Hall–Kier alpha value is -2.58. The highest BCUT2D eigenvalue weighted by molar-refractivity contribution is 5.87. The number of urea groups is 1. The Labute approximate surface area is 140 Å². The number of aromatic amines is 1. The van der Waals surface area contributed by atoms with Crippen LogP contribution in [-0.2, 0) is 0 Å². The predicted octanol–water partition coefficient (Wildman–Crippen LogP) is 1.76. The van der Waals surface area contributed by atoms with E-state index in [2.05, 4.69) is 20.6 Å². The maximum Gasteiger partial charge on any atom is 0.407 e. The Kier molecular flexibility index (Phi) is 6.75. The van der Waals surface area contributed by atoms with Gasteiger partial charge in [-0.05, 0) is 40.5 Å². The molecule has 1 aromatic heterocycles. The lowest BCUT2D eigenvalue weighted by molar-refractivity contribution is 0.0991. The molecule has 9 nitrogen and oxygen atoms in total. The minimum Gasteiger partial charge on any atom is -0.465 e. The van der Waals surface area contributed by atoms with E-state index in [1.165, 1.54) is 11.0 Å². The van der Waals surface area contributed by atoms with Crippen LogP contribution in [-0.4, -0.2) is 50.7 Å². The molecule has 0 spiro atoms. The van der Waals surface area contributed by atoms with Crippen LogP contribution in [0, 0.1) is 6.92 Å². The van der Waals surface area contributed by atoms with Crippen molar-refractivity contribution in [2.75, 3.05) is 18.4 Å². The number of aromatic nitrogens is 2. The van der Waals surface area contributed by atoms with E-state index in [-0.39, 0.29) is 5.95 Å². The Morgan fingerprint density at radius 2 is 2.00 bits per heavy atom. The number of carbonyl (C=O) groups is 2. The third-order valence-corrected chi connectivity index (χ3v) is 3.24. The SMILES string of the molecule is Cc1cc(=O)nc(NC(=O)NCCCCN(C(=O)O)C(C)(C)C)[nH]1. The number of hydrogen-bond donors (Lipinski definition) is 4. The predicted molar refractivity (Wildman–Crippen MR) is 90.3 cm³/mol. The van der Waals surface area contributed by atoms with Gasteiger partial charge in [-0.25, -0.2) is 9.59 Å². The second-order valence-electron chi connectivity index (χ2n) is 6.44. The van der Waals surface area contributed by atoms with Crippen molar-refractivity contribution < 1.29 is 14.7 Å². The zero-order chi connectivity index (χ0) is 18.3. The summed E-state index contributed by atoms with van der Waals surface area (Å²) in [7, 11) is 0. The molecule has 24 heavy (non-hydrogen) atoms. The van der Waals surface area contributed by atoms with E-state index in [1.54, 1.807) is 6.92 Å². The average Bonchev–Trinajstić information content (AvgIpc) is 2.39. The summed E-state index contributed by atoms with van der Waals surface area (Å²) >= 11 is 0. The van der Waals surface area contributed by atoms with E-state index in [1.807, 2.05) is 20.8 Å². The molecule has 0 unspecified atom stereocenters. The Balaban J connectivity index is 2.33. The molecule has 0 aliphatic carbocycles. The quantitative estimate of drug-likeness (QED) is 0.587. The van der Waals surface area contributed by atoms with E-state index >= 15 is 0 Å². The molecule has 0 bridgehead atoms. The zero-order valence-electron chi connectivity index (χ0n) is 14.5. The standard InChI is InChI=1S/C15H25N5O4/c1-10-9-11(21)18-12(17-10)19-13(22)16-7-5-6-8-20(14(23)24)15(2,3)4/h9H,5-8H2,1-4H3,(H,23,24)(H3,16,17,18,19,21,22). The third-order valence-electron chi connectivity index (χ3n) is 3.24. The van der Waals surface area contributed by atoms with Gasteiger partial charge in [0, 0.05) is 30.4 Å². The molecule has 0 saturated heterocycles. The molecule has 0 saturated carbocycles. The number of rotatable bonds is 6. The number of nitrogens with one attached hydrogen (secondary N) is 3. The number of amides is 3. The van der Waals surface area contributed by atoms with Crippen molar-refractivity contribution in [2.24, 2.45) is 0 Å². The van der Waals surface area contributed by atoms with Crippen LogP contribution >= 0.6 is 0 Å². The van der Waals surface area contributed by atoms with Crippen molar-refractivity contribution in [3.63, 3.8) is 0 Å². The number of unbranched alkanes of at least 4 members (excludes halogenated alkanes) is 1. The second-order valence-corrected chi connectivity index (χ2v) is 6.44. The Morgan fingerprint density at radius 3 is 2.54 bits per heavy atom. The largest absolute Gasteiger partial charge is 0.465 e. The van der Waals surface area contributed by atoms with Gasteiger partial charge >= 0.3 is 12.1 Å². The van der Waals surface area contributed by atoms with Crippen molar-refractivity contribution in [1.82, 2.24) is 20.2 Å². The van der Waals surface area contributed by atoms with Gasteiger partial charge in [-0.1, -0.05) is 0 Å². The Morgan fingerprint density at radius 1 is 1.33 bits per heavy atom. The molecule has 1 rings (SSSR count). The van der Waals surface area contributed by atoms with Gasteiger partial charge in [-0.15, -0.1) is 0 Å². The summed E-state index contributed by atoms with van der Waals surface area (Å²) in [6.45, 7) is 7.98. The average molecular weight is 339 g/mol. The monoisotopic (exact) mass is 339 g/mol. The van der Waals surface area contributed by atoms with Crippen LogP contribution in [0.5, 0.6) is 0 Å². The van der Waals surface area contributed by atoms with Crippen molar-refractivity contribution >= 4 is 18.1 Å². The minimum atomic E-state index is -0.956. The molecule has 134 valence electrons. The highest BCUT2D eigenvalue weighted by atomic mass is 16.4. The van der Waals surface area contributed by atoms with E-state index in [0.29, 0.717) is 31.6 Å². The number of nitrogens with zero attached hydrogens (tertiary/aromatic N) is 2. The molecule has 9 heteroatoms. The lowest BCUT2D eigenvalue weighted by atomic mass is 10.1. The fourth-order valence-corrected chi connectivity index (χ4v) is 2.10. The summed E-state index contributed by atoms with van der Waals surface area (Å²) in [4.78, 5) is 41.9. The van der Waals surface area contributed by atoms with Gasteiger partial charge in [0.1, 0.15) is 0 Å². The maximum atomic E-state index is 11.7. The van der Waals surface area contributed by atoms with Gasteiger partial charge in [0.15, 0.2) is 0 Å². The van der Waals surface area contributed by atoms with Gasteiger partial charge in [0.25, 0.3) is 5.56 Å². The highest BCUT2D eigenvalue weighted by Gasteiger charge is 2.25. The molecule has 0 aliphatic heterocycles. The summed E-state index contributed by atoms with van der Waals surface area (Å²) in [6, 6.07) is 0.849. The van der Waals surface area contributed by atoms with Crippen molar-refractivity contribution in [1.29, 1.82) is 0 Å². The number of H-pyrrole nitrogens is 1. The normalized spacial score (nSPS) is 11.0. The zero-order valence-corrected chi connectivity index (χ0v) is 14.5. The van der Waals surface area contributed by atoms with Crippen molar-refractivity contribution in [3.8, 4) is 0 Å². The van der Waals surface area contributed by atoms with Crippen LogP contribution in [0.1, 0.15) is 39.3 Å². The number of hydrogen-bond acceptors (Lipinski definition) is 4. The molecule has 1 heterocycles. The molecule has 0 fully saturated rings. The molecular weight excluding hydrogens is 314 g/mol. The maximum absolute atomic E-state index is 11.7. The summed E-state index contributed by atoms with van der Waals surface area (Å²) < 4.78 is 0. The number of anilines is 1. The second kappa shape index (κ2) is 8.32. The molecule has 3 amide bonds. The lowest BCUT2D eigenvalue weighted by Crippen LogP contribution is -2.45. The van der Waals surface area contributed by atoms with E-state index in [4.69, 9.17) is 0 Å². The van der Waals surface area contributed by atoms with Gasteiger partial charge in [-0.3, -0.25) is 10.1 Å². The number of carboxylic acid groups (broad SMARTS) is 1. The highest BCUT2D eigenvalue weighted by Crippen LogP contribution is 2.14. The molecular formula is C15H25N5O4. The van der Waals surface area contributed by atoms with E-state index in [9.17, 15) is 19.5 Å². The van der Waals surface area contributed by atoms with Crippen molar-refractivity contribution in [3.05, 3.63) is 22.1 Å². The first-order chi connectivity index (χ1) is 11.1. The summed E-state index contributed by atoms with van der Waals surface area (Å²) in [6.07, 6.45) is 0.303. The molecule has 1 aromatic rings. The first-order valence-electron chi connectivity index (χ1n) is 7.73. The summed E-state index contributed by atoms with van der Waals surface area (Å²) in [5.74, 6) is 0.0854. The molecule has 0 radical (unpaired) electrons. The summed E-state index contributed by atoms with van der Waals surface area (Å²) in [5.41, 5.74) is -0.293. The van der Waals surface area contributed by atoms with Crippen LogP contribution in [0.3, 0.4) is 0 Å². The minimum absolute atomic E-state index is 0.0854. The third kappa shape index (κ3) is 6.67. The van der Waals surface area contributed by atoms with Crippen LogP contribution < -0.4 is 16.2 Å². The fraction of sp³-hybridized carbons (Fsp3) is 0.600. The van der Waals surface area contributed by atoms with E-state index < -0.39 is 23.2 Å². The lowest BCUT2D eigenvalue weighted by Gasteiger charge is -2.33. The number of aryl methyl sites for hydroxylation is 1. The van der Waals surface area contributed by atoms with Gasteiger partial charge < -0.3 is 20.3 Å². The topological polar surface area (TPSA) is 127 Å². The van der Waals surface area contributed by atoms with Crippen LogP contribution in [0.4, 0.5) is 15.5 Å². The molecule has 0 aliphatic rings. The smallest absolute Gasteiger partial charge is 0.407 e. The van der Waals surface area contributed by atoms with Crippen LogP contribution in [0.2, 0.25) is 0 Å². The molecule has 4 N–H and O–H groups in total. The van der Waals surface area contributed by atoms with Gasteiger partial charge in [0.2, 0.25) is 5.95 Å². The van der Waals surface area contributed by atoms with Gasteiger partial charge in [-0.2, -0.15) is 4.98 Å². The number of carbonyl (C=O) groups excluding carboxylic acids is 1. The van der Waals surface area contributed by atoms with E-state index in [0.717, 1.165) is 0 Å². The van der Waals surface area contributed by atoms with Crippen LogP contribution in [0.25, 0.3) is 0 Å². The first-order valence-corrected chi connectivity index (χ1v) is 7.73. The molecule has 0 aromatic carbocycles. The van der Waals surface area contributed by atoms with Crippen molar-refractivity contribution in [2.45, 2.75) is 46.1 Å². The summed E-state index contributed by atoms with van der Waals surface area (Å²) in [5, 5.41) is 14.3. The fourth-order valence-electron chi connectivity index (χ4n) is 2.10. The van der Waals surface area contributed by atoms with Crippen LogP contribution in [0.15, 0.2) is 10.9 Å². The van der Waals surface area contributed by atoms with Gasteiger partial charge in [0.05, 0.1) is 0 Å². The molecule has 0 atom stereocenters.